The molecule has 1 aromatic carbocycles. The Morgan fingerprint density at radius 2 is 1.44 bits per heavy atom. The van der Waals surface area contributed by atoms with Crippen LogP contribution in [-0.4, -0.2) is 34.8 Å². The van der Waals surface area contributed by atoms with E-state index in [1.807, 2.05) is 0 Å². The third-order valence-corrected chi connectivity index (χ3v) is 2.08. The van der Waals surface area contributed by atoms with Crippen LogP contribution in [0.15, 0.2) is 12.1 Å². The second-order valence-electron chi connectivity index (χ2n) is 3.38. The maximum absolute atomic E-state index is 12.1. The number of halogens is 3. The van der Waals surface area contributed by atoms with Gasteiger partial charge >= 0.3 is 6.98 Å². The third-order valence-electron chi connectivity index (χ3n) is 2.08. The normalized spacial score (nSPS) is 11.0. The average molecular weight is 265 g/mol. The fourth-order valence-electron chi connectivity index (χ4n) is 1.33. The molecule has 0 heterocycles. The summed E-state index contributed by atoms with van der Waals surface area (Å²) >= 11 is 0. The van der Waals surface area contributed by atoms with Gasteiger partial charge in [0.1, 0.15) is 5.75 Å². The first-order valence-corrected chi connectivity index (χ1v) is 5.05. The highest BCUT2D eigenvalue weighted by Gasteiger charge is 2.25. The van der Waals surface area contributed by atoms with E-state index in [1.165, 1.54) is 33.5 Å². The zero-order valence-corrected chi connectivity index (χ0v) is 10.2. The lowest BCUT2D eigenvalue weighted by Gasteiger charge is -2.18. The summed E-state index contributed by atoms with van der Waals surface area (Å²) in [5.74, 6) is 0.775. The van der Waals surface area contributed by atoms with Gasteiger partial charge in [-0.25, -0.2) is 0 Å². The molecule has 0 N–H and O–H groups in total. The summed E-state index contributed by atoms with van der Waals surface area (Å²) < 4.78 is 56.0. The van der Waals surface area contributed by atoms with E-state index in [0.717, 1.165) is 0 Å². The van der Waals surface area contributed by atoms with Gasteiger partial charge in [0.05, 0.1) is 27.8 Å². The predicted octanol–water partition coefficient (Wildman–Crippen LogP) is 2.48. The number of hydrogen-bond donors (Lipinski definition) is 0. The van der Waals surface area contributed by atoms with E-state index in [0.29, 0.717) is 5.75 Å². The molecule has 18 heavy (non-hydrogen) atoms. The van der Waals surface area contributed by atoms with Crippen molar-refractivity contribution in [2.45, 2.75) is 0 Å². The molecule has 0 aliphatic carbocycles. The van der Waals surface area contributed by atoms with Gasteiger partial charge in [-0.15, -0.1) is 0 Å². The van der Waals surface area contributed by atoms with Crippen LogP contribution >= 0.6 is 0 Å². The summed E-state index contributed by atoms with van der Waals surface area (Å²) in [6, 6.07) is 2.62. The molecule has 0 amide bonds. The van der Waals surface area contributed by atoms with E-state index in [1.54, 1.807) is 0 Å². The molecule has 0 aliphatic heterocycles. The van der Waals surface area contributed by atoms with Crippen molar-refractivity contribution in [3.05, 3.63) is 12.1 Å². The zero-order chi connectivity index (χ0) is 13.8. The molecule has 1 aromatic rings. The van der Waals surface area contributed by atoms with Gasteiger partial charge in [-0.05, 0) is 0 Å². The molecule has 4 nitrogen and oxygen atoms in total. The van der Waals surface area contributed by atoms with E-state index in [2.05, 4.69) is 4.74 Å². The van der Waals surface area contributed by atoms with Crippen molar-refractivity contribution in [3.63, 3.8) is 0 Å². The van der Waals surface area contributed by atoms with E-state index in [9.17, 15) is 12.9 Å². The molecule has 0 bridgehead atoms. The summed E-state index contributed by atoms with van der Waals surface area (Å²) in [5.41, 5.74) is 0. The Labute approximate surface area is 103 Å². The minimum Gasteiger partial charge on any atom is -0.521 e. The van der Waals surface area contributed by atoms with Gasteiger partial charge in [0, 0.05) is 12.1 Å². The monoisotopic (exact) mass is 265 g/mol. The van der Waals surface area contributed by atoms with Crippen molar-refractivity contribution in [1.82, 2.24) is 0 Å². The Kier molecular flexibility index (Phi) is 4.58. The molecule has 0 aromatic heterocycles. The lowest BCUT2D eigenvalue weighted by Crippen LogP contribution is -2.26. The quantitative estimate of drug-likeness (QED) is 0.740. The fourth-order valence-corrected chi connectivity index (χ4v) is 1.33. The van der Waals surface area contributed by atoms with Crippen LogP contribution in [0, 0.1) is 0 Å². The van der Waals surface area contributed by atoms with Crippen molar-refractivity contribution >= 4 is 6.98 Å². The van der Waals surface area contributed by atoms with Crippen molar-refractivity contribution in [1.29, 1.82) is 0 Å². The fraction of sp³-hybridized carbons (Fsp3) is 0.400. The van der Waals surface area contributed by atoms with Crippen LogP contribution in [0.4, 0.5) is 12.9 Å². The molecule has 0 saturated carbocycles. The second-order valence-corrected chi connectivity index (χ2v) is 3.38. The summed E-state index contributed by atoms with van der Waals surface area (Å²) in [6.07, 6.45) is 0. The number of rotatable bonds is 6. The molecule has 8 heteroatoms. The van der Waals surface area contributed by atoms with Crippen LogP contribution in [-0.2, 0) is 0 Å². The van der Waals surface area contributed by atoms with Gasteiger partial charge in [0.25, 0.3) is 0 Å². The lowest BCUT2D eigenvalue weighted by molar-refractivity contribution is 0.298. The van der Waals surface area contributed by atoms with Crippen LogP contribution in [0.5, 0.6) is 23.0 Å². The summed E-state index contributed by atoms with van der Waals surface area (Å²) in [5, 5.41) is 0. The Hall–Kier alpha value is -1.73. The Bertz CT molecular complexity index is 384. The maximum atomic E-state index is 12.1. The number of benzene rings is 1. The van der Waals surface area contributed by atoms with Gasteiger partial charge in [-0.2, -0.15) is 0 Å². The lowest BCUT2D eigenvalue weighted by atomic mass is 9.95. The van der Waals surface area contributed by atoms with Crippen LogP contribution in [0.2, 0.25) is 0 Å². The second kappa shape index (κ2) is 5.75. The van der Waals surface area contributed by atoms with Crippen molar-refractivity contribution in [2.24, 2.45) is 0 Å². The molecule has 0 atom stereocenters. The highest BCUT2D eigenvalue weighted by molar-refractivity contribution is 6.58. The minimum atomic E-state index is -5.01. The topological polar surface area (TPSA) is 36.9 Å². The van der Waals surface area contributed by atoms with Gasteiger partial charge in [-0.1, -0.05) is 0 Å². The van der Waals surface area contributed by atoms with E-state index in [4.69, 9.17) is 14.2 Å². The van der Waals surface area contributed by atoms with Gasteiger partial charge < -0.3 is 31.9 Å². The van der Waals surface area contributed by atoms with Gasteiger partial charge in [0.15, 0.2) is 11.5 Å². The standard InChI is InChI=1S/C10H13BF3O4/c1-15-8-4-7(18-6-11(12,13)14)5-9(16-2)10(8)17-3/h4-5H,6H2,1-3H3/q-1. The molecular weight excluding hydrogens is 252 g/mol. The third kappa shape index (κ3) is 3.64. The molecule has 0 aliphatic rings. The molecule has 0 spiro atoms. The smallest absolute Gasteiger partial charge is 0.515 e. The highest BCUT2D eigenvalue weighted by Crippen LogP contribution is 2.40. The van der Waals surface area contributed by atoms with E-state index >= 15 is 0 Å². The Morgan fingerprint density at radius 1 is 0.944 bits per heavy atom. The summed E-state index contributed by atoms with van der Waals surface area (Å²) in [6.45, 7) is -6.33. The predicted molar refractivity (Wildman–Crippen MR) is 60.7 cm³/mol. The molecule has 0 radical (unpaired) electrons. The summed E-state index contributed by atoms with van der Waals surface area (Å²) in [7, 11) is 4.14. The van der Waals surface area contributed by atoms with Crippen LogP contribution in [0.25, 0.3) is 0 Å². The molecule has 0 fully saturated rings. The van der Waals surface area contributed by atoms with Gasteiger partial charge in [-0.3, -0.25) is 0 Å². The van der Waals surface area contributed by atoms with Crippen LogP contribution in [0.3, 0.4) is 0 Å². The van der Waals surface area contributed by atoms with Crippen molar-refractivity contribution in [3.8, 4) is 23.0 Å². The summed E-state index contributed by atoms with van der Waals surface area (Å²) in [4.78, 5) is 0. The minimum absolute atomic E-state index is 0.00343. The molecular formula is C10H13BF3O4-. The van der Waals surface area contributed by atoms with Gasteiger partial charge in [0.2, 0.25) is 5.75 Å². The molecule has 0 saturated heterocycles. The average Bonchev–Trinajstić information content (AvgIpc) is 2.33. The zero-order valence-electron chi connectivity index (χ0n) is 10.2. The largest absolute Gasteiger partial charge is 0.521 e. The first-order chi connectivity index (χ1) is 8.41. The first kappa shape index (κ1) is 14.3. The van der Waals surface area contributed by atoms with E-state index in [-0.39, 0.29) is 17.2 Å². The molecule has 102 valence electrons. The Balaban J connectivity index is 3.00. The molecule has 0 unspecified atom stereocenters. The number of methoxy groups -OCH3 is 3. The highest BCUT2D eigenvalue weighted by atomic mass is 19.4. The SMILES string of the molecule is COc1cc(OC[B-](F)(F)F)cc(OC)c1OC. The Morgan fingerprint density at radius 3 is 1.78 bits per heavy atom. The van der Waals surface area contributed by atoms with Crippen molar-refractivity contribution < 1.29 is 31.9 Å². The maximum Gasteiger partial charge on any atom is 0.515 e. The first-order valence-electron chi connectivity index (χ1n) is 5.05. The number of hydrogen-bond acceptors (Lipinski definition) is 4. The van der Waals surface area contributed by atoms with Crippen LogP contribution < -0.4 is 18.9 Å². The van der Waals surface area contributed by atoms with Crippen molar-refractivity contribution in [2.75, 3.05) is 27.8 Å². The van der Waals surface area contributed by atoms with E-state index < -0.39 is 13.5 Å². The number of ether oxygens (including phenoxy) is 4. The van der Waals surface area contributed by atoms with Crippen LogP contribution in [0.1, 0.15) is 0 Å². The molecule has 1 rings (SSSR count).